The Labute approximate surface area is 154 Å². The Hall–Kier alpha value is -2.55. The van der Waals surface area contributed by atoms with Gasteiger partial charge in [-0.3, -0.25) is 4.79 Å². The van der Waals surface area contributed by atoms with Crippen molar-refractivity contribution >= 4 is 27.5 Å². The van der Waals surface area contributed by atoms with E-state index in [-0.39, 0.29) is 5.97 Å². The van der Waals surface area contributed by atoms with E-state index in [1.807, 2.05) is 45.0 Å². The number of rotatable bonds is 6. The van der Waals surface area contributed by atoms with Gasteiger partial charge in [-0.1, -0.05) is 43.3 Å². The SMILES string of the molecule is CCC(C)(C)C(=O)OCCc1c2ccccc2cc2c(OC)cccc12. The van der Waals surface area contributed by atoms with Gasteiger partial charge in [0.1, 0.15) is 5.75 Å². The summed E-state index contributed by atoms with van der Waals surface area (Å²) in [5, 5.41) is 4.59. The second-order valence-electron chi connectivity index (χ2n) is 7.26. The molecule has 3 aromatic carbocycles. The van der Waals surface area contributed by atoms with E-state index in [0.717, 1.165) is 22.9 Å². The summed E-state index contributed by atoms with van der Waals surface area (Å²) in [5.74, 6) is 0.723. The highest BCUT2D eigenvalue weighted by molar-refractivity contribution is 6.04. The van der Waals surface area contributed by atoms with Gasteiger partial charge in [0.2, 0.25) is 0 Å². The van der Waals surface area contributed by atoms with E-state index in [9.17, 15) is 4.79 Å². The molecule has 0 heterocycles. The van der Waals surface area contributed by atoms with Crippen LogP contribution in [0.4, 0.5) is 0 Å². The first-order chi connectivity index (χ1) is 12.5. The molecule has 0 aliphatic carbocycles. The summed E-state index contributed by atoms with van der Waals surface area (Å²) in [5.41, 5.74) is 0.753. The molecule has 0 N–H and O–H groups in total. The molecule has 3 nitrogen and oxygen atoms in total. The predicted octanol–water partition coefficient (Wildman–Crippen LogP) is 5.52. The summed E-state index contributed by atoms with van der Waals surface area (Å²) in [6.07, 6.45) is 1.44. The maximum Gasteiger partial charge on any atom is 0.311 e. The summed E-state index contributed by atoms with van der Waals surface area (Å²) in [7, 11) is 1.69. The number of hydrogen-bond acceptors (Lipinski definition) is 3. The minimum absolute atomic E-state index is 0.137. The van der Waals surface area contributed by atoms with Crippen molar-refractivity contribution in [3.05, 3.63) is 54.1 Å². The molecule has 0 spiro atoms. The van der Waals surface area contributed by atoms with Gasteiger partial charge in [-0.05, 0) is 54.1 Å². The Kier molecular flexibility index (Phi) is 5.17. The van der Waals surface area contributed by atoms with E-state index in [2.05, 4.69) is 24.3 Å². The van der Waals surface area contributed by atoms with Crippen LogP contribution in [0.15, 0.2) is 48.5 Å². The van der Waals surface area contributed by atoms with Crippen molar-refractivity contribution in [2.45, 2.75) is 33.6 Å². The quantitative estimate of drug-likeness (QED) is 0.433. The monoisotopic (exact) mass is 350 g/mol. The lowest BCUT2D eigenvalue weighted by Crippen LogP contribution is -2.26. The number of methoxy groups -OCH3 is 1. The fourth-order valence-electron chi connectivity index (χ4n) is 3.19. The molecule has 136 valence electrons. The zero-order chi connectivity index (χ0) is 18.7. The molecule has 26 heavy (non-hydrogen) atoms. The second kappa shape index (κ2) is 7.36. The third kappa shape index (κ3) is 3.39. The first kappa shape index (κ1) is 18.2. The van der Waals surface area contributed by atoms with Crippen molar-refractivity contribution in [1.29, 1.82) is 0 Å². The average Bonchev–Trinajstić information content (AvgIpc) is 2.66. The smallest absolute Gasteiger partial charge is 0.311 e. The lowest BCUT2D eigenvalue weighted by Gasteiger charge is -2.20. The van der Waals surface area contributed by atoms with E-state index >= 15 is 0 Å². The van der Waals surface area contributed by atoms with E-state index in [0.29, 0.717) is 13.0 Å². The topological polar surface area (TPSA) is 35.5 Å². The Morgan fingerprint density at radius 3 is 2.46 bits per heavy atom. The minimum atomic E-state index is -0.440. The molecule has 3 aromatic rings. The van der Waals surface area contributed by atoms with Crippen LogP contribution >= 0.6 is 0 Å². The predicted molar refractivity (Wildman–Crippen MR) is 107 cm³/mol. The van der Waals surface area contributed by atoms with E-state index in [1.165, 1.54) is 16.3 Å². The standard InChI is InChI=1S/C23H26O3/c1-5-23(2,3)22(24)26-14-13-19-17-10-7-6-9-16(17)15-20-18(19)11-8-12-21(20)25-4/h6-12,15H,5,13-14H2,1-4H3. The summed E-state index contributed by atoms with van der Waals surface area (Å²) in [4.78, 5) is 12.3. The van der Waals surface area contributed by atoms with Crippen molar-refractivity contribution < 1.29 is 14.3 Å². The number of benzene rings is 3. The van der Waals surface area contributed by atoms with Crippen LogP contribution in [0.1, 0.15) is 32.8 Å². The van der Waals surface area contributed by atoms with Crippen molar-refractivity contribution in [2.75, 3.05) is 13.7 Å². The molecule has 0 aliphatic rings. The molecule has 3 heteroatoms. The third-order valence-corrected chi connectivity index (χ3v) is 5.22. The molecule has 0 atom stereocenters. The number of carbonyl (C=O) groups excluding carboxylic acids is 1. The summed E-state index contributed by atoms with van der Waals surface area (Å²) < 4.78 is 11.1. The van der Waals surface area contributed by atoms with Crippen LogP contribution in [0.5, 0.6) is 5.75 Å². The Morgan fingerprint density at radius 1 is 1.00 bits per heavy atom. The van der Waals surface area contributed by atoms with Gasteiger partial charge in [0, 0.05) is 11.8 Å². The zero-order valence-corrected chi connectivity index (χ0v) is 16.0. The van der Waals surface area contributed by atoms with Crippen molar-refractivity contribution in [2.24, 2.45) is 5.41 Å². The van der Waals surface area contributed by atoms with Crippen LogP contribution < -0.4 is 4.74 Å². The highest BCUT2D eigenvalue weighted by Gasteiger charge is 2.27. The lowest BCUT2D eigenvalue weighted by molar-refractivity contribution is -0.154. The fourth-order valence-corrected chi connectivity index (χ4v) is 3.19. The van der Waals surface area contributed by atoms with E-state index in [1.54, 1.807) is 7.11 Å². The van der Waals surface area contributed by atoms with Crippen molar-refractivity contribution in [3.8, 4) is 5.75 Å². The maximum absolute atomic E-state index is 12.3. The van der Waals surface area contributed by atoms with E-state index in [4.69, 9.17) is 9.47 Å². The maximum atomic E-state index is 12.3. The van der Waals surface area contributed by atoms with Gasteiger partial charge in [0.25, 0.3) is 0 Å². The third-order valence-electron chi connectivity index (χ3n) is 5.22. The van der Waals surface area contributed by atoms with Gasteiger partial charge in [0.15, 0.2) is 0 Å². The minimum Gasteiger partial charge on any atom is -0.496 e. The van der Waals surface area contributed by atoms with Gasteiger partial charge < -0.3 is 9.47 Å². The largest absolute Gasteiger partial charge is 0.496 e. The molecular formula is C23H26O3. The number of carbonyl (C=O) groups is 1. The molecule has 0 fully saturated rings. The zero-order valence-electron chi connectivity index (χ0n) is 16.0. The number of fused-ring (bicyclic) bond motifs is 2. The fraction of sp³-hybridized carbons (Fsp3) is 0.348. The lowest BCUT2D eigenvalue weighted by atomic mass is 9.90. The molecule has 0 saturated carbocycles. The Morgan fingerprint density at radius 2 is 1.73 bits per heavy atom. The van der Waals surface area contributed by atoms with Crippen LogP contribution in [0.25, 0.3) is 21.5 Å². The van der Waals surface area contributed by atoms with E-state index < -0.39 is 5.41 Å². The van der Waals surface area contributed by atoms with Crippen LogP contribution in [-0.2, 0) is 16.0 Å². The average molecular weight is 350 g/mol. The molecular weight excluding hydrogens is 324 g/mol. The van der Waals surface area contributed by atoms with Gasteiger partial charge in [-0.2, -0.15) is 0 Å². The second-order valence-corrected chi connectivity index (χ2v) is 7.26. The van der Waals surface area contributed by atoms with Crippen LogP contribution in [0.2, 0.25) is 0 Å². The van der Waals surface area contributed by atoms with Gasteiger partial charge in [-0.15, -0.1) is 0 Å². The molecule has 3 rings (SSSR count). The van der Waals surface area contributed by atoms with Crippen molar-refractivity contribution in [1.82, 2.24) is 0 Å². The molecule has 0 unspecified atom stereocenters. The number of esters is 1. The van der Waals surface area contributed by atoms with Gasteiger partial charge in [-0.25, -0.2) is 0 Å². The van der Waals surface area contributed by atoms with Gasteiger partial charge >= 0.3 is 5.97 Å². The van der Waals surface area contributed by atoms with Crippen molar-refractivity contribution in [3.63, 3.8) is 0 Å². The van der Waals surface area contributed by atoms with Crippen LogP contribution in [-0.4, -0.2) is 19.7 Å². The normalized spacial score (nSPS) is 11.7. The van der Waals surface area contributed by atoms with Crippen LogP contribution in [0, 0.1) is 5.41 Å². The summed E-state index contributed by atoms with van der Waals surface area (Å²) in [6.45, 7) is 6.23. The highest BCUT2D eigenvalue weighted by atomic mass is 16.5. The summed E-state index contributed by atoms with van der Waals surface area (Å²) >= 11 is 0. The molecule has 0 bridgehead atoms. The van der Waals surface area contributed by atoms with Gasteiger partial charge in [0.05, 0.1) is 19.1 Å². The molecule has 0 aromatic heterocycles. The first-order valence-electron chi connectivity index (χ1n) is 9.12. The Bertz CT molecular complexity index is 941. The highest BCUT2D eigenvalue weighted by Crippen LogP contribution is 2.34. The Balaban J connectivity index is 1.99. The number of hydrogen-bond donors (Lipinski definition) is 0. The first-order valence-corrected chi connectivity index (χ1v) is 9.12. The molecule has 0 saturated heterocycles. The number of ether oxygens (including phenoxy) is 2. The van der Waals surface area contributed by atoms with Crippen LogP contribution in [0.3, 0.4) is 0 Å². The molecule has 0 amide bonds. The molecule has 0 aliphatic heterocycles. The molecule has 0 radical (unpaired) electrons. The summed E-state index contributed by atoms with van der Waals surface area (Å²) in [6, 6.07) is 16.6.